The van der Waals surface area contributed by atoms with Crippen molar-refractivity contribution in [2.75, 3.05) is 12.3 Å². The summed E-state index contributed by atoms with van der Waals surface area (Å²) in [5, 5.41) is 8.73. The van der Waals surface area contributed by atoms with E-state index in [1.807, 2.05) is 47.0 Å². The van der Waals surface area contributed by atoms with Gasteiger partial charge in [0.25, 0.3) is 5.56 Å². The number of aryl methyl sites for hydroxylation is 1. The lowest BCUT2D eigenvalue weighted by atomic mass is 9.97. The van der Waals surface area contributed by atoms with Crippen LogP contribution >= 0.6 is 0 Å². The maximum absolute atomic E-state index is 13.6. The molecule has 0 amide bonds. The fraction of sp³-hybridized carbons (Fsp3) is 0.429. The van der Waals surface area contributed by atoms with Crippen molar-refractivity contribution >= 4 is 22.4 Å². The van der Waals surface area contributed by atoms with Gasteiger partial charge in [0.15, 0.2) is 0 Å². The van der Waals surface area contributed by atoms with E-state index in [1.54, 1.807) is 6.07 Å². The van der Waals surface area contributed by atoms with Gasteiger partial charge in [-0.15, -0.1) is 0 Å². The molecule has 180 valence electrons. The first kappa shape index (κ1) is 24.0. The van der Waals surface area contributed by atoms with E-state index in [4.69, 9.17) is 16.9 Å². The van der Waals surface area contributed by atoms with Gasteiger partial charge in [0, 0.05) is 35.4 Å². The molecule has 0 bridgehead atoms. The molecule has 2 aromatic carbocycles. The summed E-state index contributed by atoms with van der Waals surface area (Å²) >= 11 is 0. The minimum atomic E-state index is -0.0305. The number of fused-ring (bicyclic) bond motifs is 1. The summed E-state index contributed by atoms with van der Waals surface area (Å²) in [6.07, 6.45) is 7.09. The topological polar surface area (TPSA) is 101 Å². The number of nitrogens with zero attached hydrogens (tertiary/aromatic N) is 2. The number of benzene rings is 2. The van der Waals surface area contributed by atoms with Gasteiger partial charge in [-0.05, 0) is 81.3 Å². The number of nitrogen functional groups attached to an aromatic ring is 2. The largest absolute Gasteiger partial charge is 0.399 e. The van der Waals surface area contributed by atoms with Gasteiger partial charge in [0.1, 0.15) is 5.84 Å². The summed E-state index contributed by atoms with van der Waals surface area (Å²) in [6, 6.07) is 16.3. The monoisotopic (exact) mass is 459 g/mol. The average Bonchev–Trinajstić information content (AvgIpc) is 2.81. The van der Waals surface area contributed by atoms with Crippen molar-refractivity contribution in [1.82, 2.24) is 9.47 Å². The summed E-state index contributed by atoms with van der Waals surface area (Å²) in [6.45, 7) is 6.48. The zero-order chi connectivity index (χ0) is 24.2. The molecule has 34 heavy (non-hydrogen) atoms. The molecule has 6 nitrogen and oxygen atoms in total. The third-order valence-electron chi connectivity index (χ3n) is 7.28. The summed E-state index contributed by atoms with van der Waals surface area (Å²) in [5.41, 5.74) is 15.3. The third kappa shape index (κ3) is 5.17. The predicted octanol–water partition coefficient (Wildman–Crippen LogP) is 4.97. The number of hydrogen-bond acceptors (Lipinski definition) is 4. The standard InChI is InChI=1S/C28H37N5O/c1-19-8-6-9-20(2)32(19)14-4-3-5-15-33-26-18-24(29)13-12-22(26)17-25(28(33)34)21-10-7-11-23(16-21)27(30)31/h7,10-13,16-20H,3-6,8-9,14-15,29H2,1-2H3,(H3,30,31)/t19-,20+. The second kappa shape index (κ2) is 10.4. The maximum atomic E-state index is 13.6. The van der Waals surface area contributed by atoms with Crippen LogP contribution in [-0.4, -0.2) is 33.9 Å². The molecular formula is C28H37N5O. The quantitative estimate of drug-likeness (QED) is 0.192. The number of aromatic nitrogens is 1. The lowest BCUT2D eigenvalue weighted by Gasteiger charge is -2.39. The smallest absolute Gasteiger partial charge is 0.258 e. The Labute approximate surface area is 202 Å². The summed E-state index contributed by atoms with van der Waals surface area (Å²) in [5.74, 6) is -0.00641. The Morgan fingerprint density at radius 3 is 2.47 bits per heavy atom. The number of unbranched alkanes of at least 4 members (excludes halogenated alkanes) is 2. The Balaban J connectivity index is 1.56. The lowest BCUT2D eigenvalue weighted by molar-refractivity contribution is 0.101. The molecule has 1 fully saturated rings. The van der Waals surface area contributed by atoms with Crippen molar-refractivity contribution < 1.29 is 0 Å². The number of amidine groups is 1. The molecule has 0 spiro atoms. The number of rotatable bonds is 8. The Kier molecular flexibility index (Phi) is 7.37. The van der Waals surface area contributed by atoms with Gasteiger partial charge in [-0.2, -0.15) is 0 Å². The normalized spacial score (nSPS) is 18.9. The summed E-state index contributed by atoms with van der Waals surface area (Å²) in [7, 11) is 0. The van der Waals surface area contributed by atoms with E-state index in [0.29, 0.717) is 35.4 Å². The fourth-order valence-corrected chi connectivity index (χ4v) is 5.33. The molecule has 1 aliphatic rings. The zero-order valence-electron chi connectivity index (χ0n) is 20.4. The van der Waals surface area contributed by atoms with E-state index < -0.39 is 0 Å². The van der Waals surface area contributed by atoms with Crippen molar-refractivity contribution in [1.29, 1.82) is 5.41 Å². The molecule has 2 heterocycles. The highest BCUT2D eigenvalue weighted by Crippen LogP contribution is 2.25. The average molecular weight is 460 g/mol. The molecule has 2 atom stereocenters. The fourth-order valence-electron chi connectivity index (χ4n) is 5.33. The minimum Gasteiger partial charge on any atom is -0.399 e. The van der Waals surface area contributed by atoms with Gasteiger partial charge >= 0.3 is 0 Å². The Bertz CT molecular complexity index is 1220. The number of likely N-dealkylation sites (tertiary alicyclic amines) is 1. The van der Waals surface area contributed by atoms with E-state index in [2.05, 4.69) is 18.7 Å². The molecule has 1 aromatic heterocycles. The number of hydrogen-bond donors (Lipinski definition) is 3. The van der Waals surface area contributed by atoms with Gasteiger partial charge in [0.05, 0.1) is 5.52 Å². The van der Waals surface area contributed by atoms with Crippen molar-refractivity contribution in [3.8, 4) is 11.1 Å². The van der Waals surface area contributed by atoms with E-state index in [1.165, 1.54) is 19.3 Å². The van der Waals surface area contributed by atoms with Gasteiger partial charge in [-0.1, -0.05) is 37.1 Å². The molecule has 5 N–H and O–H groups in total. The predicted molar refractivity (Wildman–Crippen MR) is 142 cm³/mol. The van der Waals surface area contributed by atoms with Crippen molar-refractivity contribution in [3.63, 3.8) is 0 Å². The highest BCUT2D eigenvalue weighted by atomic mass is 16.1. The van der Waals surface area contributed by atoms with Crippen molar-refractivity contribution in [3.05, 3.63) is 64.4 Å². The van der Waals surface area contributed by atoms with E-state index in [-0.39, 0.29) is 11.4 Å². The first-order valence-electron chi connectivity index (χ1n) is 12.5. The highest BCUT2D eigenvalue weighted by Gasteiger charge is 2.23. The lowest BCUT2D eigenvalue weighted by Crippen LogP contribution is -2.44. The van der Waals surface area contributed by atoms with Crippen LogP contribution in [0.4, 0.5) is 5.69 Å². The van der Waals surface area contributed by atoms with Crippen LogP contribution in [0.2, 0.25) is 0 Å². The van der Waals surface area contributed by atoms with Crippen LogP contribution in [0.5, 0.6) is 0 Å². The van der Waals surface area contributed by atoms with Crippen LogP contribution in [0.3, 0.4) is 0 Å². The molecule has 1 saturated heterocycles. The second-order valence-electron chi connectivity index (χ2n) is 9.75. The van der Waals surface area contributed by atoms with Gasteiger partial charge < -0.3 is 16.0 Å². The zero-order valence-corrected chi connectivity index (χ0v) is 20.4. The third-order valence-corrected chi connectivity index (χ3v) is 7.28. The Hall–Kier alpha value is -3.12. The summed E-state index contributed by atoms with van der Waals surface area (Å²) in [4.78, 5) is 16.2. The van der Waals surface area contributed by atoms with Crippen molar-refractivity contribution in [2.45, 2.75) is 71.0 Å². The Morgan fingerprint density at radius 1 is 1.00 bits per heavy atom. The van der Waals surface area contributed by atoms with Crippen LogP contribution in [-0.2, 0) is 6.54 Å². The maximum Gasteiger partial charge on any atom is 0.258 e. The van der Waals surface area contributed by atoms with Crippen molar-refractivity contribution in [2.24, 2.45) is 5.73 Å². The number of nitrogens with two attached hydrogens (primary N) is 2. The van der Waals surface area contributed by atoms with Gasteiger partial charge in [-0.25, -0.2) is 0 Å². The van der Waals surface area contributed by atoms with E-state index in [9.17, 15) is 4.79 Å². The van der Waals surface area contributed by atoms with E-state index >= 15 is 0 Å². The van der Waals surface area contributed by atoms with Gasteiger partial charge in [0.2, 0.25) is 0 Å². The van der Waals surface area contributed by atoms with Crippen LogP contribution in [0.1, 0.15) is 57.9 Å². The Morgan fingerprint density at radius 2 is 1.74 bits per heavy atom. The molecule has 3 aromatic rings. The molecule has 0 unspecified atom stereocenters. The summed E-state index contributed by atoms with van der Waals surface area (Å²) < 4.78 is 1.87. The van der Waals surface area contributed by atoms with Crippen LogP contribution in [0.25, 0.3) is 22.0 Å². The molecule has 6 heteroatoms. The highest BCUT2D eigenvalue weighted by molar-refractivity contribution is 5.96. The second-order valence-corrected chi connectivity index (χ2v) is 9.75. The molecular weight excluding hydrogens is 422 g/mol. The van der Waals surface area contributed by atoms with Crippen LogP contribution in [0, 0.1) is 5.41 Å². The van der Waals surface area contributed by atoms with Crippen LogP contribution in [0.15, 0.2) is 53.3 Å². The molecule has 1 aliphatic heterocycles. The molecule has 4 rings (SSSR count). The molecule has 0 radical (unpaired) electrons. The van der Waals surface area contributed by atoms with Gasteiger partial charge in [-0.3, -0.25) is 15.1 Å². The number of nitrogens with one attached hydrogen (secondary N) is 1. The first-order chi connectivity index (χ1) is 16.3. The minimum absolute atomic E-state index is 0.00641. The molecule has 0 saturated carbocycles. The number of piperidine rings is 1. The van der Waals surface area contributed by atoms with E-state index in [0.717, 1.165) is 42.3 Å². The number of pyridine rings is 1. The number of anilines is 1. The van der Waals surface area contributed by atoms with Crippen LogP contribution < -0.4 is 17.0 Å². The first-order valence-corrected chi connectivity index (χ1v) is 12.5. The SMILES string of the molecule is C[C@@H]1CCC[C@H](C)N1CCCCCn1c(=O)c(-c2cccc(C(=N)N)c2)cc2ccc(N)cc21. The molecule has 0 aliphatic carbocycles.